The monoisotopic (exact) mass is 292 g/mol. The largest absolute Gasteiger partial charge is 0.329 e. The van der Waals surface area contributed by atoms with Crippen LogP contribution in [0.4, 0.5) is 0 Å². The number of H-pyrrole nitrogens is 1. The van der Waals surface area contributed by atoms with Crippen LogP contribution >= 0.6 is 12.2 Å². The first-order valence-corrected chi connectivity index (χ1v) is 7.66. The van der Waals surface area contributed by atoms with Crippen molar-refractivity contribution >= 4 is 23.4 Å². The maximum atomic E-state index is 5.41. The molecule has 0 bridgehead atoms. The second-order valence-electron chi connectivity index (χ2n) is 5.69. The van der Waals surface area contributed by atoms with E-state index in [2.05, 4.69) is 47.3 Å². The Labute approximate surface area is 125 Å². The third-order valence-corrected chi connectivity index (χ3v) is 4.22. The number of aromatic amines is 1. The highest BCUT2D eigenvalue weighted by molar-refractivity contribution is 7.71. The number of nitrogens with one attached hydrogen (secondary N) is 1. The maximum Gasteiger partial charge on any atom is 0.179 e. The summed E-state index contributed by atoms with van der Waals surface area (Å²) in [5.74, 6) is 0. The molecule has 4 nitrogen and oxygen atoms in total. The molecule has 2 heterocycles. The Morgan fingerprint density at radius 2 is 2.15 bits per heavy atom. The molecule has 0 saturated carbocycles. The van der Waals surface area contributed by atoms with E-state index in [0.29, 0.717) is 6.04 Å². The smallest absolute Gasteiger partial charge is 0.179 e. The van der Waals surface area contributed by atoms with Gasteiger partial charge >= 0.3 is 0 Å². The van der Waals surface area contributed by atoms with Gasteiger partial charge in [0.1, 0.15) is 0 Å². The van der Waals surface area contributed by atoms with Crippen molar-refractivity contribution in [3.63, 3.8) is 0 Å². The second-order valence-corrected chi connectivity index (χ2v) is 6.08. The van der Waals surface area contributed by atoms with Gasteiger partial charge in [-0.15, -0.1) is 0 Å². The van der Waals surface area contributed by atoms with Crippen LogP contribution in [0.1, 0.15) is 32.3 Å². The lowest BCUT2D eigenvalue weighted by Crippen LogP contribution is -2.27. The van der Waals surface area contributed by atoms with Crippen LogP contribution in [0.2, 0.25) is 0 Å². The van der Waals surface area contributed by atoms with E-state index in [9.17, 15) is 0 Å². The second kappa shape index (κ2) is 6.50. The lowest BCUT2D eigenvalue weighted by Gasteiger charge is -2.20. The zero-order valence-electron chi connectivity index (χ0n) is 12.8. The summed E-state index contributed by atoms with van der Waals surface area (Å²) in [7, 11) is 2.17. The summed E-state index contributed by atoms with van der Waals surface area (Å²) in [5, 5.41) is 0. The van der Waals surface area contributed by atoms with Crippen molar-refractivity contribution in [3.8, 4) is 0 Å². The number of pyridine rings is 1. The number of hydrogen-bond acceptors (Lipinski definition) is 3. The molecule has 2 aromatic rings. The Bertz CT molecular complexity index is 626. The molecule has 0 fully saturated rings. The summed E-state index contributed by atoms with van der Waals surface area (Å²) >= 11 is 5.41. The van der Waals surface area contributed by atoms with Crippen LogP contribution < -0.4 is 0 Å². The van der Waals surface area contributed by atoms with E-state index in [1.165, 1.54) is 12.0 Å². The number of aromatic nitrogens is 3. The van der Waals surface area contributed by atoms with Gasteiger partial charge < -0.3 is 14.5 Å². The summed E-state index contributed by atoms with van der Waals surface area (Å²) in [5.41, 5.74) is 3.24. The number of hydrogen-bond donors (Lipinski definition) is 1. The van der Waals surface area contributed by atoms with Gasteiger partial charge in [-0.3, -0.25) is 0 Å². The van der Waals surface area contributed by atoms with Crippen molar-refractivity contribution in [2.24, 2.45) is 0 Å². The molecule has 0 radical (unpaired) electrons. The fourth-order valence-corrected chi connectivity index (χ4v) is 2.55. The van der Waals surface area contributed by atoms with Gasteiger partial charge in [0.15, 0.2) is 10.4 Å². The first-order chi connectivity index (χ1) is 9.50. The van der Waals surface area contributed by atoms with Crippen molar-refractivity contribution < 1.29 is 0 Å². The number of unbranched alkanes of at least 4 members (excludes halogenated alkanes) is 1. The molecular formula is C15H24N4S. The van der Waals surface area contributed by atoms with E-state index in [0.717, 1.165) is 35.4 Å². The van der Waals surface area contributed by atoms with Crippen LogP contribution in [-0.2, 0) is 6.54 Å². The fourth-order valence-electron chi connectivity index (χ4n) is 2.27. The molecule has 0 aromatic carbocycles. The minimum atomic E-state index is 0.606. The molecular weight excluding hydrogens is 268 g/mol. The van der Waals surface area contributed by atoms with Crippen LogP contribution in [0, 0.1) is 11.7 Å². The maximum absolute atomic E-state index is 5.41. The molecule has 2 rings (SSSR count). The van der Waals surface area contributed by atoms with Crippen molar-refractivity contribution in [2.75, 3.05) is 13.6 Å². The van der Waals surface area contributed by atoms with Crippen LogP contribution in [0.3, 0.4) is 0 Å². The van der Waals surface area contributed by atoms with Gasteiger partial charge in [0.2, 0.25) is 0 Å². The predicted octanol–water partition coefficient (Wildman–Crippen LogP) is 3.52. The minimum Gasteiger partial charge on any atom is -0.329 e. The van der Waals surface area contributed by atoms with Crippen LogP contribution in [0.15, 0.2) is 12.3 Å². The quantitative estimate of drug-likeness (QED) is 0.654. The van der Waals surface area contributed by atoms with Gasteiger partial charge in [-0.25, -0.2) is 4.98 Å². The fraction of sp³-hybridized carbons (Fsp3) is 0.600. The van der Waals surface area contributed by atoms with E-state index < -0.39 is 0 Å². The average Bonchev–Trinajstić information content (AvgIpc) is 2.72. The first kappa shape index (κ1) is 15.2. The third-order valence-electron chi connectivity index (χ3n) is 3.90. The third kappa shape index (κ3) is 3.27. The standard InChI is InChI=1S/C15H24N4S/c1-11(2)18(4)9-5-6-10-19-14-13(17-15(19)20)12(3)7-8-16-14/h7-8,11H,5-6,9-10H2,1-4H3,(H,17,20). The Hall–Kier alpha value is -1.20. The molecule has 0 amide bonds. The van der Waals surface area contributed by atoms with Crippen molar-refractivity contribution in [3.05, 3.63) is 22.6 Å². The molecule has 110 valence electrons. The van der Waals surface area contributed by atoms with Crippen LogP contribution in [-0.4, -0.2) is 39.1 Å². The van der Waals surface area contributed by atoms with Crippen LogP contribution in [0.25, 0.3) is 11.2 Å². The van der Waals surface area contributed by atoms with Gasteiger partial charge in [-0.1, -0.05) is 0 Å². The molecule has 1 N–H and O–H groups in total. The molecule has 2 aromatic heterocycles. The highest BCUT2D eigenvalue weighted by Gasteiger charge is 2.08. The summed E-state index contributed by atoms with van der Waals surface area (Å²) < 4.78 is 2.89. The van der Waals surface area contributed by atoms with Gasteiger partial charge in [0.25, 0.3) is 0 Å². The first-order valence-electron chi connectivity index (χ1n) is 7.25. The Balaban J connectivity index is 2.02. The number of imidazole rings is 1. The Kier molecular flexibility index (Phi) is 4.94. The topological polar surface area (TPSA) is 36.9 Å². The molecule has 0 aliphatic carbocycles. The lowest BCUT2D eigenvalue weighted by molar-refractivity contribution is 0.266. The molecule has 0 aliphatic rings. The highest BCUT2D eigenvalue weighted by Crippen LogP contribution is 2.16. The zero-order valence-corrected chi connectivity index (χ0v) is 13.6. The van der Waals surface area contributed by atoms with Crippen molar-refractivity contribution in [1.82, 2.24) is 19.4 Å². The van der Waals surface area contributed by atoms with E-state index in [1.807, 2.05) is 12.3 Å². The van der Waals surface area contributed by atoms with Gasteiger partial charge in [0.05, 0.1) is 5.52 Å². The normalized spacial score (nSPS) is 11.9. The SMILES string of the molecule is Cc1ccnc2c1[nH]c(=S)n2CCCCN(C)C(C)C. The zero-order chi connectivity index (χ0) is 14.7. The molecule has 0 atom stereocenters. The summed E-state index contributed by atoms with van der Waals surface area (Å²) in [4.78, 5) is 10.1. The number of fused-ring (bicyclic) bond motifs is 1. The molecule has 20 heavy (non-hydrogen) atoms. The molecule has 5 heteroatoms. The molecule has 0 unspecified atom stereocenters. The Morgan fingerprint density at radius 1 is 1.40 bits per heavy atom. The number of aryl methyl sites for hydroxylation is 2. The van der Waals surface area contributed by atoms with Gasteiger partial charge in [-0.05, 0) is 71.1 Å². The van der Waals surface area contributed by atoms with E-state index in [1.54, 1.807) is 0 Å². The molecule has 0 spiro atoms. The van der Waals surface area contributed by atoms with Gasteiger partial charge in [0, 0.05) is 18.8 Å². The van der Waals surface area contributed by atoms with E-state index in [4.69, 9.17) is 12.2 Å². The lowest BCUT2D eigenvalue weighted by atomic mass is 10.2. The Morgan fingerprint density at radius 3 is 2.85 bits per heavy atom. The van der Waals surface area contributed by atoms with Gasteiger partial charge in [-0.2, -0.15) is 0 Å². The summed E-state index contributed by atoms with van der Waals surface area (Å²) in [6.45, 7) is 8.59. The van der Waals surface area contributed by atoms with Crippen molar-refractivity contribution in [1.29, 1.82) is 0 Å². The van der Waals surface area contributed by atoms with Crippen molar-refractivity contribution in [2.45, 2.75) is 46.2 Å². The summed E-state index contributed by atoms with van der Waals surface area (Å²) in [6, 6.07) is 2.62. The molecule has 0 saturated heterocycles. The highest BCUT2D eigenvalue weighted by atomic mass is 32.1. The van der Waals surface area contributed by atoms with E-state index >= 15 is 0 Å². The summed E-state index contributed by atoms with van der Waals surface area (Å²) in [6.07, 6.45) is 4.15. The minimum absolute atomic E-state index is 0.606. The van der Waals surface area contributed by atoms with Crippen LogP contribution in [0.5, 0.6) is 0 Å². The number of rotatable bonds is 6. The predicted molar refractivity (Wildman–Crippen MR) is 86.7 cm³/mol. The average molecular weight is 292 g/mol. The van der Waals surface area contributed by atoms with E-state index in [-0.39, 0.29) is 0 Å². The number of nitrogens with zero attached hydrogens (tertiary/aromatic N) is 3. The molecule has 0 aliphatic heterocycles.